The van der Waals surface area contributed by atoms with E-state index in [2.05, 4.69) is 9.71 Å². The fourth-order valence-electron chi connectivity index (χ4n) is 3.01. The number of ether oxygens (including phenoxy) is 1. The summed E-state index contributed by atoms with van der Waals surface area (Å²) >= 11 is 0. The van der Waals surface area contributed by atoms with Gasteiger partial charge in [-0.15, -0.1) is 4.40 Å². The molecule has 0 saturated heterocycles. The van der Waals surface area contributed by atoms with E-state index in [1.807, 2.05) is 30.3 Å². The van der Waals surface area contributed by atoms with Crippen molar-refractivity contribution in [3.8, 4) is 5.75 Å². The number of benzene rings is 3. The predicted molar refractivity (Wildman–Crippen MR) is 111 cm³/mol. The molecule has 1 aliphatic heterocycles. The van der Waals surface area contributed by atoms with Crippen LogP contribution in [0.2, 0.25) is 0 Å². The van der Waals surface area contributed by atoms with Gasteiger partial charge in [-0.1, -0.05) is 42.5 Å². The number of hydrogen-bond acceptors (Lipinski definition) is 5. The number of anilines is 1. The summed E-state index contributed by atoms with van der Waals surface area (Å²) in [6, 6.07) is 23.1. The molecule has 0 saturated carbocycles. The van der Waals surface area contributed by atoms with E-state index in [0.717, 1.165) is 5.56 Å². The first-order chi connectivity index (χ1) is 14.0. The molecule has 0 atom stereocenters. The molecule has 6 nitrogen and oxygen atoms in total. The van der Waals surface area contributed by atoms with Crippen LogP contribution in [0.3, 0.4) is 0 Å². The molecule has 29 heavy (non-hydrogen) atoms. The molecule has 146 valence electrons. The minimum atomic E-state index is -3.67. The van der Waals surface area contributed by atoms with E-state index < -0.39 is 10.0 Å². The molecule has 3 aromatic rings. The van der Waals surface area contributed by atoms with Gasteiger partial charge < -0.3 is 10.1 Å². The smallest absolute Gasteiger partial charge is 0.311 e. The highest BCUT2D eigenvalue weighted by Crippen LogP contribution is 2.27. The second-order valence-electron chi connectivity index (χ2n) is 6.52. The lowest BCUT2D eigenvalue weighted by Crippen LogP contribution is -2.11. The van der Waals surface area contributed by atoms with Gasteiger partial charge >= 0.3 is 5.97 Å². The van der Waals surface area contributed by atoms with Gasteiger partial charge in [0.2, 0.25) is 0 Å². The van der Waals surface area contributed by atoms with Gasteiger partial charge in [-0.2, -0.15) is 8.42 Å². The number of nitrogens with one attached hydrogen (secondary N) is 1. The third-order valence-electron chi connectivity index (χ3n) is 4.44. The summed E-state index contributed by atoms with van der Waals surface area (Å²) in [5.41, 5.74) is 2.25. The van der Waals surface area contributed by atoms with Crippen molar-refractivity contribution in [1.29, 1.82) is 0 Å². The van der Waals surface area contributed by atoms with Crippen LogP contribution < -0.4 is 10.1 Å². The average molecular weight is 406 g/mol. The van der Waals surface area contributed by atoms with Crippen LogP contribution in [0.15, 0.2) is 88.2 Å². The zero-order valence-corrected chi connectivity index (χ0v) is 16.2. The number of aryl methyl sites for hydroxylation is 1. The van der Waals surface area contributed by atoms with Gasteiger partial charge in [0, 0.05) is 17.7 Å². The van der Waals surface area contributed by atoms with E-state index in [1.54, 1.807) is 42.5 Å². The molecular formula is C22H18N2O4S. The summed E-state index contributed by atoms with van der Waals surface area (Å²) in [5.74, 6) is 0.387. The topological polar surface area (TPSA) is 84.8 Å². The van der Waals surface area contributed by atoms with Crippen LogP contribution >= 0.6 is 0 Å². The second-order valence-corrected chi connectivity index (χ2v) is 8.09. The molecule has 0 aliphatic carbocycles. The predicted octanol–water partition coefficient (Wildman–Crippen LogP) is 3.79. The van der Waals surface area contributed by atoms with E-state index in [9.17, 15) is 13.2 Å². The first kappa shape index (κ1) is 18.9. The summed E-state index contributed by atoms with van der Waals surface area (Å²) in [4.78, 5) is 12.2. The third kappa shape index (κ3) is 4.35. The minimum Gasteiger partial charge on any atom is -0.427 e. The number of nitrogens with zero attached hydrogens (tertiary/aromatic N) is 1. The first-order valence-electron chi connectivity index (χ1n) is 9.07. The number of esters is 1. The Morgan fingerprint density at radius 2 is 1.59 bits per heavy atom. The largest absolute Gasteiger partial charge is 0.427 e. The maximum Gasteiger partial charge on any atom is 0.311 e. The van der Waals surface area contributed by atoms with Crippen LogP contribution in [0.4, 0.5) is 5.69 Å². The molecule has 0 unspecified atom stereocenters. The lowest BCUT2D eigenvalue weighted by molar-refractivity contribution is -0.134. The van der Waals surface area contributed by atoms with E-state index in [-0.39, 0.29) is 23.1 Å². The van der Waals surface area contributed by atoms with E-state index >= 15 is 0 Å². The maximum atomic E-state index is 12.1. The van der Waals surface area contributed by atoms with Gasteiger partial charge in [0.25, 0.3) is 10.0 Å². The Morgan fingerprint density at radius 1 is 0.897 bits per heavy atom. The normalized spacial score (nSPS) is 14.0. The molecule has 0 radical (unpaired) electrons. The zero-order valence-electron chi connectivity index (χ0n) is 15.4. The van der Waals surface area contributed by atoms with E-state index in [1.165, 1.54) is 6.07 Å². The average Bonchev–Trinajstić information content (AvgIpc) is 2.99. The van der Waals surface area contributed by atoms with Crippen LogP contribution in [-0.4, -0.2) is 20.2 Å². The zero-order chi connectivity index (χ0) is 20.3. The Hall–Kier alpha value is -3.45. The van der Waals surface area contributed by atoms with Crippen LogP contribution in [0.5, 0.6) is 5.75 Å². The van der Waals surface area contributed by atoms with Crippen molar-refractivity contribution in [2.45, 2.75) is 17.7 Å². The molecule has 0 spiro atoms. The molecule has 1 aliphatic rings. The summed E-state index contributed by atoms with van der Waals surface area (Å²) in [7, 11) is -3.67. The number of sulfonamides is 1. The number of carbonyl (C=O) groups excluding carboxylic acids is 1. The quantitative estimate of drug-likeness (QED) is 0.515. The summed E-state index contributed by atoms with van der Waals surface area (Å²) in [5, 5.41) is 3.01. The standard InChI is InChI=1S/C22H18N2O4S/c25-21(15-10-16-6-2-1-3-7-16)28-18-13-11-17(12-14-18)23-22-19-8-4-5-9-20(19)29(26,27)24-22/h1-9,11-14H,10,15H2,(H,23,24). The Labute approximate surface area is 168 Å². The van der Waals surface area contributed by atoms with Crippen molar-refractivity contribution in [2.75, 3.05) is 5.32 Å². The highest BCUT2D eigenvalue weighted by molar-refractivity contribution is 7.90. The third-order valence-corrected chi connectivity index (χ3v) is 5.78. The molecule has 1 N–H and O–H groups in total. The number of hydrogen-bond donors (Lipinski definition) is 1. The number of amidine groups is 1. The Balaban J connectivity index is 1.38. The van der Waals surface area contributed by atoms with Gasteiger partial charge in [0.05, 0.1) is 0 Å². The fourth-order valence-corrected chi connectivity index (χ4v) is 4.19. The lowest BCUT2D eigenvalue weighted by atomic mass is 10.1. The molecule has 3 aromatic carbocycles. The van der Waals surface area contributed by atoms with Crippen LogP contribution in [0.25, 0.3) is 0 Å². The van der Waals surface area contributed by atoms with Crippen LogP contribution in [0, 0.1) is 0 Å². The second kappa shape index (κ2) is 7.89. The van der Waals surface area contributed by atoms with Gasteiger partial charge in [-0.3, -0.25) is 4.79 Å². The first-order valence-corrected chi connectivity index (χ1v) is 10.5. The molecule has 0 aromatic heterocycles. The minimum absolute atomic E-state index is 0.187. The Morgan fingerprint density at radius 3 is 2.34 bits per heavy atom. The van der Waals surface area contributed by atoms with Gasteiger partial charge in [-0.25, -0.2) is 0 Å². The van der Waals surface area contributed by atoms with Crippen LogP contribution in [0.1, 0.15) is 17.5 Å². The van der Waals surface area contributed by atoms with E-state index in [4.69, 9.17) is 4.74 Å². The van der Waals surface area contributed by atoms with Crippen molar-refractivity contribution in [1.82, 2.24) is 0 Å². The molecular weight excluding hydrogens is 388 g/mol. The molecule has 7 heteroatoms. The van der Waals surface area contributed by atoms with Crippen molar-refractivity contribution >= 4 is 27.5 Å². The number of carbonyl (C=O) groups is 1. The molecule has 0 fully saturated rings. The molecule has 0 bridgehead atoms. The van der Waals surface area contributed by atoms with Crippen molar-refractivity contribution in [2.24, 2.45) is 4.40 Å². The monoisotopic (exact) mass is 406 g/mol. The summed E-state index contributed by atoms with van der Waals surface area (Å²) < 4.78 is 33.4. The Bertz CT molecular complexity index is 1170. The van der Waals surface area contributed by atoms with E-state index in [0.29, 0.717) is 23.4 Å². The van der Waals surface area contributed by atoms with Gasteiger partial charge in [0.1, 0.15) is 10.6 Å². The van der Waals surface area contributed by atoms with Crippen molar-refractivity contribution < 1.29 is 17.9 Å². The summed E-state index contributed by atoms with van der Waals surface area (Å²) in [6.07, 6.45) is 0.905. The van der Waals surface area contributed by atoms with Crippen LogP contribution in [-0.2, 0) is 21.2 Å². The lowest BCUT2D eigenvalue weighted by Gasteiger charge is -2.08. The highest BCUT2D eigenvalue weighted by atomic mass is 32.2. The number of fused-ring (bicyclic) bond motifs is 1. The van der Waals surface area contributed by atoms with Crippen molar-refractivity contribution in [3.63, 3.8) is 0 Å². The molecule has 1 heterocycles. The SMILES string of the molecule is O=C(CCc1ccccc1)Oc1ccc(NC2=NS(=O)(=O)c3ccccc32)cc1. The highest BCUT2D eigenvalue weighted by Gasteiger charge is 2.28. The van der Waals surface area contributed by atoms with Gasteiger partial charge in [0.15, 0.2) is 5.84 Å². The van der Waals surface area contributed by atoms with Gasteiger partial charge in [-0.05, 0) is 48.4 Å². The Kier molecular flexibility index (Phi) is 5.14. The maximum absolute atomic E-state index is 12.1. The fraction of sp³-hybridized carbons (Fsp3) is 0.0909. The number of rotatable bonds is 5. The molecule has 0 amide bonds. The summed E-state index contributed by atoms with van der Waals surface area (Å²) in [6.45, 7) is 0. The van der Waals surface area contributed by atoms with Crippen molar-refractivity contribution in [3.05, 3.63) is 90.0 Å². The molecule has 4 rings (SSSR count).